The van der Waals surface area contributed by atoms with Crippen LogP contribution in [0.4, 0.5) is 0 Å². The van der Waals surface area contributed by atoms with Crippen molar-refractivity contribution in [3.8, 4) is 0 Å². The number of piperidine rings is 2. The molecule has 1 aliphatic carbocycles. The van der Waals surface area contributed by atoms with E-state index in [2.05, 4.69) is 21.2 Å². The molecule has 0 radical (unpaired) electrons. The molecule has 2 amide bonds. The smallest absolute Gasteiger partial charge is 0.234 e. The van der Waals surface area contributed by atoms with Crippen LogP contribution in [-0.2, 0) is 9.59 Å². The highest BCUT2D eigenvalue weighted by molar-refractivity contribution is 5.79. The lowest BCUT2D eigenvalue weighted by molar-refractivity contribution is -0.138. The number of allylic oxidation sites excluding steroid dienone is 1. The number of hydrogen-bond donors (Lipinski definition) is 1. The molecule has 1 N–H and O–H groups in total. The first kappa shape index (κ1) is 19.4. The van der Waals surface area contributed by atoms with Crippen LogP contribution < -0.4 is 5.32 Å². The number of carbonyl (C=O) groups excluding carboxylic acids is 2. The van der Waals surface area contributed by atoms with E-state index in [9.17, 15) is 9.59 Å². The summed E-state index contributed by atoms with van der Waals surface area (Å²) in [4.78, 5) is 29.0. The highest BCUT2D eigenvalue weighted by Crippen LogP contribution is 2.22. The van der Waals surface area contributed by atoms with E-state index in [0.717, 1.165) is 64.8 Å². The third-order valence-corrected chi connectivity index (χ3v) is 6.13. The number of likely N-dealkylation sites (tertiary alicyclic amines) is 2. The Labute approximate surface area is 158 Å². The van der Waals surface area contributed by atoms with Gasteiger partial charge in [0.25, 0.3) is 0 Å². The summed E-state index contributed by atoms with van der Waals surface area (Å²) in [6.45, 7) is 4.85. The van der Waals surface area contributed by atoms with E-state index in [4.69, 9.17) is 0 Å². The first-order valence-corrected chi connectivity index (χ1v) is 10.7. The van der Waals surface area contributed by atoms with Crippen LogP contribution in [-0.4, -0.2) is 60.9 Å². The fraction of sp³-hybridized carbons (Fsp3) is 0.810. The fourth-order valence-corrected chi connectivity index (χ4v) is 4.46. The Hall–Kier alpha value is -1.36. The largest absolute Gasteiger partial charge is 0.355 e. The number of nitrogens with zero attached hydrogens (tertiary/aromatic N) is 2. The van der Waals surface area contributed by atoms with E-state index in [1.54, 1.807) is 0 Å². The molecule has 0 aromatic rings. The topological polar surface area (TPSA) is 52.7 Å². The molecule has 5 nitrogen and oxygen atoms in total. The molecular weight excluding hydrogens is 326 g/mol. The SMILES string of the molecule is O=C(CN1CCC(C(=O)N2CCCCC2)CC1)NCCC1=CCCCC1. The van der Waals surface area contributed by atoms with Crippen molar-refractivity contribution in [1.29, 1.82) is 0 Å². The van der Waals surface area contributed by atoms with Gasteiger partial charge in [0, 0.05) is 25.6 Å². The van der Waals surface area contributed by atoms with Crippen LogP contribution in [0.1, 0.15) is 64.2 Å². The molecular formula is C21H35N3O2. The summed E-state index contributed by atoms with van der Waals surface area (Å²) >= 11 is 0. The van der Waals surface area contributed by atoms with Gasteiger partial charge in [0.1, 0.15) is 0 Å². The average Bonchev–Trinajstić information content (AvgIpc) is 2.69. The maximum atomic E-state index is 12.6. The maximum Gasteiger partial charge on any atom is 0.234 e. The van der Waals surface area contributed by atoms with Crippen molar-refractivity contribution >= 4 is 11.8 Å². The molecule has 5 heteroatoms. The quantitative estimate of drug-likeness (QED) is 0.740. The molecule has 0 aromatic heterocycles. The van der Waals surface area contributed by atoms with Crippen molar-refractivity contribution in [3.63, 3.8) is 0 Å². The first-order chi connectivity index (χ1) is 12.7. The van der Waals surface area contributed by atoms with Crippen molar-refractivity contribution in [2.75, 3.05) is 39.3 Å². The van der Waals surface area contributed by atoms with Crippen molar-refractivity contribution < 1.29 is 9.59 Å². The van der Waals surface area contributed by atoms with E-state index in [1.807, 2.05) is 0 Å². The van der Waals surface area contributed by atoms with Gasteiger partial charge in [-0.05, 0) is 77.3 Å². The molecule has 146 valence electrons. The van der Waals surface area contributed by atoms with Crippen molar-refractivity contribution in [2.45, 2.75) is 64.2 Å². The monoisotopic (exact) mass is 361 g/mol. The van der Waals surface area contributed by atoms with Crippen LogP contribution in [0.15, 0.2) is 11.6 Å². The minimum Gasteiger partial charge on any atom is -0.355 e. The van der Waals surface area contributed by atoms with Crippen LogP contribution in [0.5, 0.6) is 0 Å². The molecule has 0 unspecified atom stereocenters. The van der Waals surface area contributed by atoms with E-state index < -0.39 is 0 Å². The van der Waals surface area contributed by atoms with Gasteiger partial charge in [-0.2, -0.15) is 0 Å². The number of hydrogen-bond acceptors (Lipinski definition) is 3. The third-order valence-electron chi connectivity index (χ3n) is 6.13. The number of rotatable bonds is 6. The highest BCUT2D eigenvalue weighted by atomic mass is 16.2. The summed E-state index contributed by atoms with van der Waals surface area (Å²) in [6.07, 6.45) is 13.7. The van der Waals surface area contributed by atoms with Gasteiger partial charge < -0.3 is 10.2 Å². The van der Waals surface area contributed by atoms with Crippen LogP contribution in [0.2, 0.25) is 0 Å². The number of amides is 2. The molecule has 3 rings (SSSR count). The molecule has 0 bridgehead atoms. The molecule has 0 atom stereocenters. The normalized spacial score (nSPS) is 22.8. The lowest BCUT2D eigenvalue weighted by atomic mass is 9.94. The zero-order chi connectivity index (χ0) is 18.2. The number of carbonyl (C=O) groups is 2. The minimum atomic E-state index is 0.127. The first-order valence-electron chi connectivity index (χ1n) is 10.7. The predicted octanol–water partition coefficient (Wildman–Crippen LogP) is 2.72. The standard InChI is InChI=1S/C21H35N3O2/c25-20(22-12-9-18-7-3-1-4-8-18)17-23-15-10-19(11-16-23)21(26)24-13-5-2-6-14-24/h7,19H,1-6,8-17H2,(H,22,25). The second-order valence-electron chi connectivity index (χ2n) is 8.14. The highest BCUT2D eigenvalue weighted by Gasteiger charge is 2.29. The Morgan fingerprint density at radius 1 is 1.00 bits per heavy atom. The van der Waals surface area contributed by atoms with Gasteiger partial charge in [-0.15, -0.1) is 0 Å². The Morgan fingerprint density at radius 2 is 1.77 bits per heavy atom. The Morgan fingerprint density at radius 3 is 2.46 bits per heavy atom. The van der Waals surface area contributed by atoms with E-state index in [1.165, 1.54) is 37.7 Å². The Kier molecular flexibility index (Phi) is 7.54. The Bertz CT molecular complexity index is 503. The zero-order valence-corrected chi connectivity index (χ0v) is 16.2. The minimum absolute atomic E-state index is 0.127. The summed E-state index contributed by atoms with van der Waals surface area (Å²) in [5.74, 6) is 0.655. The summed E-state index contributed by atoms with van der Waals surface area (Å²) in [7, 11) is 0. The zero-order valence-electron chi connectivity index (χ0n) is 16.2. The molecule has 26 heavy (non-hydrogen) atoms. The molecule has 2 aliphatic heterocycles. The van der Waals surface area contributed by atoms with E-state index in [-0.39, 0.29) is 11.8 Å². The molecule has 2 fully saturated rings. The molecule has 0 spiro atoms. The molecule has 2 saturated heterocycles. The van der Waals surface area contributed by atoms with Gasteiger partial charge in [-0.3, -0.25) is 14.5 Å². The second kappa shape index (κ2) is 10.1. The average molecular weight is 362 g/mol. The lowest BCUT2D eigenvalue weighted by Crippen LogP contribution is -2.46. The van der Waals surface area contributed by atoms with Crippen LogP contribution in [0.25, 0.3) is 0 Å². The third kappa shape index (κ3) is 5.83. The molecule has 0 aromatic carbocycles. The molecule has 3 aliphatic rings. The van der Waals surface area contributed by atoms with Crippen molar-refractivity contribution in [3.05, 3.63) is 11.6 Å². The van der Waals surface area contributed by atoms with Crippen LogP contribution >= 0.6 is 0 Å². The summed E-state index contributed by atoms with van der Waals surface area (Å²) in [5.41, 5.74) is 1.51. The predicted molar refractivity (Wildman–Crippen MR) is 104 cm³/mol. The maximum absolute atomic E-state index is 12.6. The van der Waals surface area contributed by atoms with Gasteiger partial charge in [0.15, 0.2) is 0 Å². The van der Waals surface area contributed by atoms with E-state index >= 15 is 0 Å². The van der Waals surface area contributed by atoms with Gasteiger partial charge in [-0.25, -0.2) is 0 Å². The van der Waals surface area contributed by atoms with Gasteiger partial charge in [0.2, 0.25) is 11.8 Å². The fourth-order valence-electron chi connectivity index (χ4n) is 4.46. The van der Waals surface area contributed by atoms with Crippen LogP contribution in [0, 0.1) is 5.92 Å². The van der Waals surface area contributed by atoms with E-state index in [0.29, 0.717) is 12.5 Å². The summed E-state index contributed by atoms with van der Waals surface area (Å²) in [5, 5.41) is 3.07. The molecule has 0 saturated carbocycles. The van der Waals surface area contributed by atoms with Crippen molar-refractivity contribution in [1.82, 2.24) is 15.1 Å². The lowest BCUT2D eigenvalue weighted by Gasteiger charge is -2.35. The Balaban J connectivity index is 1.31. The number of nitrogens with one attached hydrogen (secondary N) is 1. The second-order valence-corrected chi connectivity index (χ2v) is 8.14. The summed E-state index contributed by atoms with van der Waals surface area (Å²) in [6, 6.07) is 0. The van der Waals surface area contributed by atoms with Crippen molar-refractivity contribution in [2.24, 2.45) is 5.92 Å². The van der Waals surface area contributed by atoms with Gasteiger partial charge in [-0.1, -0.05) is 11.6 Å². The van der Waals surface area contributed by atoms with Crippen LogP contribution in [0.3, 0.4) is 0 Å². The van der Waals surface area contributed by atoms with Gasteiger partial charge in [0.05, 0.1) is 6.54 Å². The summed E-state index contributed by atoms with van der Waals surface area (Å²) < 4.78 is 0. The molecule has 2 heterocycles. The van der Waals surface area contributed by atoms with Gasteiger partial charge >= 0.3 is 0 Å².